The first-order valence-electron chi connectivity index (χ1n) is 14.0. The number of hydrogen-bond donors (Lipinski definition) is 1. The molecule has 2 heterocycles. The van der Waals surface area contributed by atoms with Crippen LogP contribution in [0.1, 0.15) is 86.2 Å². The highest BCUT2D eigenvalue weighted by molar-refractivity contribution is 7.89. The van der Waals surface area contributed by atoms with Crippen LogP contribution in [0.2, 0.25) is 0 Å². The predicted molar refractivity (Wildman–Crippen MR) is 147 cm³/mol. The summed E-state index contributed by atoms with van der Waals surface area (Å²) in [6.07, 6.45) is 9.71. The summed E-state index contributed by atoms with van der Waals surface area (Å²) < 4.78 is 49.9. The zero-order valence-electron chi connectivity index (χ0n) is 22.4. The van der Waals surface area contributed by atoms with Gasteiger partial charge in [0.1, 0.15) is 11.9 Å². The summed E-state index contributed by atoms with van der Waals surface area (Å²) in [5, 5.41) is 5.04. The van der Waals surface area contributed by atoms with Gasteiger partial charge < -0.3 is 9.79 Å². The van der Waals surface area contributed by atoms with Gasteiger partial charge in [0, 0.05) is 42.1 Å². The molecule has 1 amide bonds. The molecule has 218 valence electrons. The molecule has 1 saturated heterocycles. The lowest BCUT2D eigenvalue weighted by Crippen LogP contribution is -2.38. The van der Waals surface area contributed by atoms with Crippen LogP contribution in [0.5, 0.6) is 5.88 Å². The first kappa shape index (κ1) is 29.1. The fraction of sp³-hybridized carbons (Fsp3) is 0.571. The Labute approximate surface area is 237 Å². The maximum Gasteiger partial charge on any atom is 0.257 e. The molecule has 0 spiro atoms. The number of rotatable bonds is 10. The molecule has 3 aliphatic rings. The van der Waals surface area contributed by atoms with Crippen LogP contribution in [0.15, 0.2) is 40.1 Å². The molecule has 2 aromatic rings. The van der Waals surface area contributed by atoms with E-state index >= 15 is 0 Å². The van der Waals surface area contributed by atoms with Crippen LogP contribution in [0.25, 0.3) is 0 Å². The van der Waals surface area contributed by atoms with Crippen molar-refractivity contribution < 1.29 is 31.6 Å². The van der Waals surface area contributed by atoms with E-state index in [9.17, 15) is 21.8 Å². The number of nitrogens with two attached hydrogens (primary N) is 1. The number of nitrogens with zero attached hydrogens (tertiary/aromatic N) is 2. The lowest BCUT2D eigenvalue weighted by Gasteiger charge is -2.32. The Morgan fingerprint density at radius 3 is 2.42 bits per heavy atom. The highest BCUT2D eigenvalue weighted by atomic mass is 32.2. The topological polar surface area (TPSA) is 129 Å². The summed E-state index contributed by atoms with van der Waals surface area (Å²) in [4.78, 5) is 30.7. The minimum Gasteiger partial charge on any atom is -0.339 e. The third-order valence-corrected chi connectivity index (χ3v) is 10.3. The number of carbonyl (C=O) groups is 1. The van der Waals surface area contributed by atoms with Gasteiger partial charge in [-0.25, -0.2) is 22.9 Å². The monoisotopic (exact) mass is 593 g/mol. The summed E-state index contributed by atoms with van der Waals surface area (Å²) in [5.41, 5.74) is 1.42. The first-order chi connectivity index (χ1) is 19.2. The van der Waals surface area contributed by atoms with E-state index in [4.69, 9.17) is 14.9 Å². The van der Waals surface area contributed by atoms with Gasteiger partial charge in [-0.1, -0.05) is 19.3 Å². The molecule has 12 heteroatoms. The number of carbonyl (C=O) groups excluding carboxylic acids is 1. The molecule has 5 rings (SSSR count). The van der Waals surface area contributed by atoms with E-state index in [-0.39, 0.29) is 33.5 Å². The molecule has 1 aromatic carbocycles. The van der Waals surface area contributed by atoms with Crippen LogP contribution in [0, 0.1) is 11.7 Å². The van der Waals surface area contributed by atoms with Crippen LogP contribution in [-0.2, 0) is 25.7 Å². The summed E-state index contributed by atoms with van der Waals surface area (Å²) >= 11 is 0. The van der Waals surface area contributed by atoms with Gasteiger partial charge in [-0.2, -0.15) is 4.89 Å². The smallest absolute Gasteiger partial charge is 0.257 e. The van der Waals surface area contributed by atoms with Gasteiger partial charge in [-0.15, -0.1) is 0 Å². The normalized spacial score (nSPS) is 19.9. The minimum absolute atomic E-state index is 0.0327. The standard InChI is InChI=1S/C28H36FN3O6S2/c29-24-18-23(40(30,35)36)8-9-26(24)39(34)15-12-19-10-13-32(14-11-19)28(33)21-16-25(20-6-7-20)31-27(17-21)38-37-22-4-2-1-3-5-22/h8-9,16-20,22H,1-7,10-15H2,(H2,30,35,36). The highest BCUT2D eigenvalue weighted by Crippen LogP contribution is 2.40. The van der Waals surface area contributed by atoms with Crippen LogP contribution < -0.4 is 10.0 Å². The largest absolute Gasteiger partial charge is 0.339 e. The van der Waals surface area contributed by atoms with Gasteiger partial charge in [0.15, 0.2) is 0 Å². The number of piperidine rings is 1. The third-order valence-electron chi connectivity index (χ3n) is 7.98. The van der Waals surface area contributed by atoms with Crippen molar-refractivity contribution in [1.82, 2.24) is 9.88 Å². The van der Waals surface area contributed by atoms with E-state index in [0.29, 0.717) is 36.9 Å². The van der Waals surface area contributed by atoms with Gasteiger partial charge in [-0.05, 0) is 75.1 Å². The maximum absolute atomic E-state index is 14.4. The summed E-state index contributed by atoms with van der Waals surface area (Å²) in [6.45, 7) is 1.15. The molecule has 40 heavy (non-hydrogen) atoms. The molecule has 1 atom stereocenters. The molecule has 1 aliphatic heterocycles. The molecule has 2 N–H and O–H groups in total. The van der Waals surface area contributed by atoms with Gasteiger partial charge >= 0.3 is 0 Å². The van der Waals surface area contributed by atoms with Crippen molar-refractivity contribution in [1.29, 1.82) is 0 Å². The molecule has 0 radical (unpaired) electrons. The Bertz CT molecular complexity index is 1350. The molecular weight excluding hydrogens is 557 g/mol. The molecule has 2 saturated carbocycles. The molecule has 9 nitrogen and oxygen atoms in total. The maximum atomic E-state index is 14.4. The zero-order valence-corrected chi connectivity index (χ0v) is 24.1. The second kappa shape index (κ2) is 12.6. The van der Waals surface area contributed by atoms with Crippen molar-refractivity contribution in [2.24, 2.45) is 11.1 Å². The van der Waals surface area contributed by atoms with E-state index < -0.39 is 26.6 Å². The predicted octanol–water partition coefficient (Wildman–Crippen LogP) is 4.44. The highest BCUT2D eigenvalue weighted by Gasteiger charge is 2.30. The Balaban J connectivity index is 1.14. The third kappa shape index (κ3) is 7.45. The molecule has 2 aliphatic carbocycles. The molecule has 1 unspecified atom stereocenters. The van der Waals surface area contributed by atoms with Crippen molar-refractivity contribution in [2.75, 3.05) is 18.8 Å². The van der Waals surface area contributed by atoms with Crippen molar-refractivity contribution in [3.63, 3.8) is 0 Å². The SMILES string of the molecule is NS(=O)(=O)c1ccc(S(=O)CCC2CCN(C(=O)c3cc(OOC4CCCCC4)nc(C4CC4)c3)CC2)c(F)c1. The van der Waals surface area contributed by atoms with Gasteiger partial charge in [0.05, 0.1) is 20.6 Å². The number of halogens is 1. The Morgan fingerprint density at radius 1 is 1.05 bits per heavy atom. The Hall–Kier alpha value is -2.41. The van der Waals surface area contributed by atoms with Crippen LogP contribution in [0.4, 0.5) is 4.39 Å². The number of pyridine rings is 1. The van der Waals surface area contributed by atoms with E-state index in [1.807, 2.05) is 11.0 Å². The number of primary sulfonamides is 1. The summed E-state index contributed by atoms with van der Waals surface area (Å²) in [5.74, 6) is 0.284. The van der Waals surface area contributed by atoms with Gasteiger partial charge in [0.2, 0.25) is 10.0 Å². The fourth-order valence-electron chi connectivity index (χ4n) is 5.39. The average molecular weight is 594 g/mol. The summed E-state index contributed by atoms with van der Waals surface area (Å²) in [6, 6.07) is 6.73. The number of hydrogen-bond acceptors (Lipinski definition) is 7. The van der Waals surface area contributed by atoms with E-state index in [1.54, 1.807) is 6.07 Å². The molecule has 3 fully saturated rings. The number of likely N-dealkylation sites (tertiary alicyclic amines) is 1. The van der Waals surface area contributed by atoms with Crippen molar-refractivity contribution in [2.45, 2.75) is 86.0 Å². The Kier molecular flexibility index (Phi) is 9.18. The average Bonchev–Trinajstić information content (AvgIpc) is 3.80. The lowest BCUT2D eigenvalue weighted by atomic mass is 9.94. The van der Waals surface area contributed by atoms with Gasteiger partial charge in [-0.3, -0.25) is 9.00 Å². The van der Waals surface area contributed by atoms with E-state index in [1.165, 1.54) is 18.6 Å². The second-order valence-corrected chi connectivity index (χ2v) is 14.1. The van der Waals surface area contributed by atoms with Crippen molar-refractivity contribution in [3.05, 3.63) is 47.4 Å². The zero-order chi connectivity index (χ0) is 28.3. The fourth-order valence-corrected chi connectivity index (χ4v) is 7.18. The minimum atomic E-state index is -4.03. The summed E-state index contributed by atoms with van der Waals surface area (Å²) in [7, 11) is -5.64. The molecule has 1 aromatic heterocycles. The quantitative estimate of drug-likeness (QED) is 0.319. The van der Waals surface area contributed by atoms with Gasteiger partial charge in [0.25, 0.3) is 11.8 Å². The van der Waals surface area contributed by atoms with Crippen LogP contribution in [0.3, 0.4) is 0 Å². The number of benzene rings is 1. The first-order valence-corrected chi connectivity index (χ1v) is 16.9. The van der Waals surface area contributed by atoms with Crippen molar-refractivity contribution in [3.8, 4) is 5.88 Å². The number of aromatic nitrogens is 1. The van der Waals surface area contributed by atoms with E-state index in [2.05, 4.69) is 4.98 Å². The molecule has 0 bridgehead atoms. The van der Waals surface area contributed by atoms with Crippen LogP contribution >= 0.6 is 0 Å². The number of amides is 1. The lowest BCUT2D eigenvalue weighted by molar-refractivity contribution is -0.253. The number of sulfonamides is 1. The van der Waals surface area contributed by atoms with E-state index in [0.717, 1.165) is 63.1 Å². The molecular formula is C28H36FN3O6S2. The Morgan fingerprint density at radius 2 is 1.77 bits per heavy atom. The van der Waals surface area contributed by atoms with Crippen LogP contribution in [-0.4, -0.2) is 53.4 Å². The van der Waals surface area contributed by atoms with Crippen molar-refractivity contribution >= 4 is 26.7 Å². The second-order valence-electron chi connectivity index (χ2n) is 11.0.